The van der Waals surface area contributed by atoms with E-state index in [1.54, 1.807) is 6.07 Å². The molecule has 0 aliphatic carbocycles. The van der Waals surface area contributed by atoms with E-state index in [4.69, 9.17) is 17.3 Å². The highest BCUT2D eigenvalue weighted by Gasteiger charge is 2.50. The lowest BCUT2D eigenvalue weighted by Crippen LogP contribution is -2.52. The Morgan fingerprint density at radius 2 is 1.75 bits per heavy atom. The number of anilines is 1. The van der Waals surface area contributed by atoms with E-state index in [-0.39, 0.29) is 16.1 Å². The zero-order valence-corrected chi connectivity index (χ0v) is 17.9. The number of aldehydes is 1. The number of Topliss-reactive ketones (excluding diaryl/α,β-unsaturated/α-hetero) is 1. The summed E-state index contributed by atoms with van der Waals surface area (Å²) in [5, 5.41) is 13.5. The Labute approximate surface area is 185 Å². The number of hydrazone groups is 1. The standard InChI is InChI=1S/C21H24N4O6S/c22-16-3-1-2-4-18(16)32(30,31)12-10-21(20(28)29,19(27)17(23)9-11-26)15-7-5-14(6-8-15)13-25-24/h1-8,11,13,17H,9-10,12,22-24H2,(H,28,29). The second kappa shape index (κ2) is 10.2. The molecule has 7 N–H and O–H groups in total. The number of nitrogens with zero attached hydrogens (tertiary/aromatic N) is 1. The Morgan fingerprint density at radius 3 is 2.28 bits per heavy atom. The molecule has 2 atom stereocenters. The van der Waals surface area contributed by atoms with E-state index in [1.807, 2.05) is 0 Å². The van der Waals surface area contributed by atoms with Gasteiger partial charge in [0.15, 0.2) is 21.0 Å². The van der Waals surface area contributed by atoms with Gasteiger partial charge in [0, 0.05) is 6.42 Å². The van der Waals surface area contributed by atoms with Gasteiger partial charge in [0.05, 0.1) is 28.6 Å². The van der Waals surface area contributed by atoms with Crippen LogP contribution in [0.1, 0.15) is 24.0 Å². The molecular formula is C21H24N4O6S. The summed E-state index contributed by atoms with van der Waals surface area (Å²) in [6.07, 6.45) is 0.686. The molecule has 170 valence electrons. The number of rotatable bonds is 11. The van der Waals surface area contributed by atoms with Gasteiger partial charge in [-0.15, -0.1) is 0 Å². The van der Waals surface area contributed by atoms with Gasteiger partial charge < -0.3 is 27.2 Å². The fourth-order valence-electron chi connectivity index (χ4n) is 3.37. The first-order valence-electron chi connectivity index (χ1n) is 9.48. The lowest BCUT2D eigenvalue weighted by molar-refractivity contribution is -0.150. The minimum atomic E-state index is -4.04. The van der Waals surface area contributed by atoms with Crippen LogP contribution >= 0.6 is 0 Å². The fraction of sp³-hybridized carbons (Fsp3) is 0.238. The first-order valence-corrected chi connectivity index (χ1v) is 11.1. The van der Waals surface area contributed by atoms with Crippen LogP contribution in [-0.2, 0) is 29.6 Å². The van der Waals surface area contributed by atoms with E-state index in [2.05, 4.69) is 5.10 Å². The van der Waals surface area contributed by atoms with Crippen molar-refractivity contribution in [3.8, 4) is 0 Å². The van der Waals surface area contributed by atoms with Crippen LogP contribution in [0.25, 0.3) is 0 Å². The van der Waals surface area contributed by atoms with Crippen LogP contribution in [0, 0.1) is 0 Å². The van der Waals surface area contributed by atoms with Crippen molar-refractivity contribution in [2.75, 3.05) is 11.5 Å². The molecule has 0 aliphatic rings. The summed E-state index contributed by atoms with van der Waals surface area (Å²) in [7, 11) is -4.04. The SMILES string of the molecule is NN=Cc1ccc(C(CCS(=O)(=O)c2ccccc2N)(C(=O)O)C(=O)C(N)CC=O)cc1. The first kappa shape index (κ1) is 24.7. The van der Waals surface area contributed by atoms with Gasteiger partial charge in [-0.2, -0.15) is 5.10 Å². The first-order chi connectivity index (χ1) is 15.1. The largest absolute Gasteiger partial charge is 0.480 e. The van der Waals surface area contributed by atoms with E-state index in [9.17, 15) is 27.9 Å². The third-order valence-corrected chi connectivity index (χ3v) is 6.88. The van der Waals surface area contributed by atoms with Crippen molar-refractivity contribution in [1.29, 1.82) is 0 Å². The van der Waals surface area contributed by atoms with Crippen LogP contribution in [0.3, 0.4) is 0 Å². The molecule has 0 heterocycles. The van der Waals surface area contributed by atoms with E-state index in [1.165, 1.54) is 48.7 Å². The lowest BCUT2D eigenvalue weighted by atomic mass is 9.72. The number of hydrogen-bond acceptors (Lipinski definition) is 9. The maximum absolute atomic E-state index is 13.2. The Morgan fingerprint density at radius 1 is 1.12 bits per heavy atom. The monoisotopic (exact) mass is 460 g/mol. The summed E-state index contributed by atoms with van der Waals surface area (Å²) in [5.74, 6) is 1.86. The molecule has 32 heavy (non-hydrogen) atoms. The molecule has 0 aromatic heterocycles. The summed E-state index contributed by atoms with van der Waals surface area (Å²) in [6, 6.07) is 9.99. The van der Waals surface area contributed by atoms with E-state index >= 15 is 0 Å². The number of nitrogens with two attached hydrogens (primary N) is 3. The molecule has 2 aromatic rings. The summed E-state index contributed by atoms with van der Waals surface area (Å²) in [5.41, 5.74) is 9.80. The number of hydrogen-bond donors (Lipinski definition) is 4. The molecular weight excluding hydrogens is 436 g/mol. The summed E-state index contributed by atoms with van der Waals surface area (Å²) < 4.78 is 25.8. The highest BCUT2D eigenvalue weighted by atomic mass is 32.2. The number of benzene rings is 2. The molecule has 2 rings (SSSR count). The number of carboxylic acids is 1. The maximum Gasteiger partial charge on any atom is 0.321 e. The Kier molecular flexibility index (Phi) is 7.84. The van der Waals surface area contributed by atoms with Gasteiger partial charge in [0.2, 0.25) is 0 Å². The average Bonchev–Trinajstić information content (AvgIpc) is 2.75. The van der Waals surface area contributed by atoms with Crippen molar-refractivity contribution in [1.82, 2.24) is 0 Å². The molecule has 11 heteroatoms. The topological polar surface area (TPSA) is 196 Å². The van der Waals surface area contributed by atoms with Crippen LogP contribution < -0.4 is 17.3 Å². The van der Waals surface area contributed by atoms with E-state index < -0.39 is 51.6 Å². The Balaban J connectivity index is 2.58. The molecule has 0 fully saturated rings. The summed E-state index contributed by atoms with van der Waals surface area (Å²) >= 11 is 0. The predicted octanol–water partition coefficient (Wildman–Crippen LogP) is 0.233. The number of carbonyl (C=O) groups is 3. The van der Waals surface area contributed by atoms with Gasteiger partial charge in [-0.1, -0.05) is 36.4 Å². The van der Waals surface area contributed by atoms with Crippen LogP contribution in [-0.4, -0.2) is 49.6 Å². The van der Waals surface area contributed by atoms with Gasteiger partial charge in [-0.05, 0) is 29.7 Å². The lowest BCUT2D eigenvalue weighted by Gasteiger charge is -2.30. The third-order valence-electron chi connectivity index (χ3n) is 5.10. The Hall–Kier alpha value is -3.57. The zero-order valence-electron chi connectivity index (χ0n) is 17.0. The van der Waals surface area contributed by atoms with E-state index in [0.29, 0.717) is 11.8 Å². The normalized spacial score (nSPS) is 14.5. The molecule has 0 aliphatic heterocycles. The van der Waals surface area contributed by atoms with Crippen molar-refractivity contribution in [3.63, 3.8) is 0 Å². The third kappa shape index (κ3) is 5.01. The quantitative estimate of drug-likeness (QED) is 0.0906. The van der Waals surface area contributed by atoms with Crippen molar-refractivity contribution < 1.29 is 27.9 Å². The van der Waals surface area contributed by atoms with Gasteiger partial charge in [0.1, 0.15) is 6.29 Å². The van der Waals surface area contributed by atoms with Crippen LogP contribution in [0.2, 0.25) is 0 Å². The summed E-state index contributed by atoms with van der Waals surface area (Å²) in [6.45, 7) is 0. The summed E-state index contributed by atoms with van der Waals surface area (Å²) in [4.78, 5) is 36.4. The fourth-order valence-corrected chi connectivity index (χ4v) is 4.88. The maximum atomic E-state index is 13.2. The number of nitrogen functional groups attached to an aromatic ring is 1. The molecule has 0 bridgehead atoms. The number of carboxylic acid groups (broad SMARTS) is 1. The molecule has 0 saturated heterocycles. The van der Waals surface area contributed by atoms with Gasteiger partial charge in [-0.25, -0.2) is 8.42 Å². The van der Waals surface area contributed by atoms with Crippen LogP contribution in [0.4, 0.5) is 5.69 Å². The molecule has 2 aromatic carbocycles. The number of ketones is 1. The van der Waals surface area contributed by atoms with Crippen molar-refractivity contribution in [2.45, 2.75) is 29.2 Å². The predicted molar refractivity (Wildman–Crippen MR) is 119 cm³/mol. The zero-order chi connectivity index (χ0) is 23.9. The number of para-hydroxylation sites is 1. The molecule has 10 nitrogen and oxygen atoms in total. The minimum absolute atomic E-state index is 0.00262. The van der Waals surface area contributed by atoms with Gasteiger partial charge in [0.25, 0.3) is 0 Å². The highest BCUT2D eigenvalue weighted by molar-refractivity contribution is 7.91. The second-order valence-corrected chi connectivity index (χ2v) is 9.17. The molecule has 0 spiro atoms. The number of aliphatic carboxylic acids is 1. The molecule has 0 saturated carbocycles. The van der Waals surface area contributed by atoms with Crippen molar-refractivity contribution in [2.24, 2.45) is 16.7 Å². The average molecular weight is 461 g/mol. The van der Waals surface area contributed by atoms with Gasteiger partial charge in [-0.3, -0.25) is 9.59 Å². The number of sulfone groups is 1. The molecule has 0 radical (unpaired) electrons. The smallest absolute Gasteiger partial charge is 0.321 e. The van der Waals surface area contributed by atoms with Crippen molar-refractivity contribution >= 4 is 39.8 Å². The van der Waals surface area contributed by atoms with Crippen LogP contribution in [0.15, 0.2) is 58.5 Å². The van der Waals surface area contributed by atoms with Crippen LogP contribution in [0.5, 0.6) is 0 Å². The van der Waals surface area contributed by atoms with E-state index in [0.717, 1.165) is 0 Å². The number of carbonyl (C=O) groups excluding carboxylic acids is 2. The second-order valence-electron chi connectivity index (χ2n) is 7.09. The highest BCUT2D eigenvalue weighted by Crippen LogP contribution is 2.34. The van der Waals surface area contributed by atoms with Crippen molar-refractivity contribution in [3.05, 3.63) is 59.7 Å². The molecule has 2 unspecified atom stereocenters. The minimum Gasteiger partial charge on any atom is -0.480 e. The van der Waals surface area contributed by atoms with Gasteiger partial charge >= 0.3 is 5.97 Å². The molecule has 0 amide bonds. The Bertz CT molecular complexity index is 1130.